The van der Waals surface area contributed by atoms with Gasteiger partial charge in [0.25, 0.3) is 0 Å². The third-order valence-corrected chi connectivity index (χ3v) is 6.82. The Balaban J connectivity index is 2.23. The first-order chi connectivity index (χ1) is 10.9. The fourth-order valence-electron chi connectivity index (χ4n) is 4.78. The van der Waals surface area contributed by atoms with E-state index in [2.05, 4.69) is 19.6 Å². The summed E-state index contributed by atoms with van der Waals surface area (Å²) in [6.07, 6.45) is 13.9. The summed E-state index contributed by atoms with van der Waals surface area (Å²) >= 11 is 0. The normalized spacial score (nSPS) is 24.3. The van der Waals surface area contributed by atoms with E-state index in [-0.39, 0.29) is 12.0 Å². The third-order valence-electron chi connectivity index (χ3n) is 5.84. The fourth-order valence-corrected chi connectivity index (χ4v) is 5.93. The van der Waals surface area contributed by atoms with Gasteiger partial charge in [-0.05, 0) is 57.2 Å². The van der Waals surface area contributed by atoms with Crippen molar-refractivity contribution in [3.63, 3.8) is 0 Å². The molecule has 2 atom stereocenters. The summed E-state index contributed by atoms with van der Waals surface area (Å²) in [7, 11) is -1.64. The van der Waals surface area contributed by atoms with Crippen LogP contribution in [0.4, 0.5) is 0 Å². The first-order valence-electron chi connectivity index (χ1n) is 10.1. The molecule has 2 fully saturated rings. The summed E-state index contributed by atoms with van der Waals surface area (Å²) in [4.78, 5) is 12.9. The Morgan fingerprint density at radius 2 is 1.39 bits per heavy atom. The van der Waals surface area contributed by atoms with Crippen LogP contribution in [0.3, 0.4) is 0 Å². The number of hydrogen-bond donors (Lipinski definition) is 0. The standard InChI is InChI=1S/C20H38O2Si/c1-5-18(21)19(16-12-8-6-9-13-16)20(22-23(2,3)4)17-14-10-7-11-15-17/h16-17,19-20H,5-15H2,1-4H3. The van der Waals surface area contributed by atoms with E-state index >= 15 is 0 Å². The molecule has 0 saturated heterocycles. The Kier molecular flexibility index (Phi) is 7.34. The number of Topliss-reactive ketones (excluding diaryl/α,β-unsaturated/α-hetero) is 1. The first kappa shape index (κ1) is 19.2. The number of ketones is 1. The molecule has 0 aromatic carbocycles. The average molecular weight is 339 g/mol. The molecular formula is C20H38O2Si. The van der Waals surface area contributed by atoms with Crippen LogP contribution < -0.4 is 0 Å². The number of carbonyl (C=O) groups excluding carboxylic acids is 1. The van der Waals surface area contributed by atoms with E-state index in [0.717, 1.165) is 0 Å². The highest BCUT2D eigenvalue weighted by atomic mass is 28.4. The van der Waals surface area contributed by atoms with Gasteiger partial charge in [0.2, 0.25) is 0 Å². The highest BCUT2D eigenvalue weighted by molar-refractivity contribution is 6.69. The van der Waals surface area contributed by atoms with Crippen molar-refractivity contribution in [1.29, 1.82) is 0 Å². The van der Waals surface area contributed by atoms with Crippen LogP contribution in [0.15, 0.2) is 0 Å². The maximum absolute atomic E-state index is 12.9. The molecule has 2 nitrogen and oxygen atoms in total. The van der Waals surface area contributed by atoms with Crippen molar-refractivity contribution in [3.8, 4) is 0 Å². The van der Waals surface area contributed by atoms with Crippen LogP contribution >= 0.6 is 0 Å². The van der Waals surface area contributed by atoms with E-state index in [0.29, 0.717) is 24.0 Å². The molecular weight excluding hydrogens is 300 g/mol. The third kappa shape index (κ3) is 5.70. The molecule has 0 amide bonds. The molecule has 134 valence electrons. The quantitative estimate of drug-likeness (QED) is 0.535. The van der Waals surface area contributed by atoms with Gasteiger partial charge < -0.3 is 4.43 Å². The Morgan fingerprint density at radius 1 is 0.913 bits per heavy atom. The van der Waals surface area contributed by atoms with Crippen LogP contribution in [-0.4, -0.2) is 20.2 Å². The Morgan fingerprint density at radius 3 is 1.83 bits per heavy atom. The number of carbonyl (C=O) groups is 1. The fraction of sp³-hybridized carbons (Fsp3) is 0.950. The van der Waals surface area contributed by atoms with Crippen LogP contribution in [0.1, 0.15) is 77.6 Å². The van der Waals surface area contributed by atoms with Gasteiger partial charge in [-0.15, -0.1) is 0 Å². The monoisotopic (exact) mass is 338 g/mol. The highest BCUT2D eigenvalue weighted by Crippen LogP contribution is 2.40. The van der Waals surface area contributed by atoms with E-state index in [1.54, 1.807) is 0 Å². The van der Waals surface area contributed by atoms with Crippen LogP contribution in [0.25, 0.3) is 0 Å². The Bertz CT molecular complexity index is 362. The largest absolute Gasteiger partial charge is 0.414 e. The lowest BCUT2D eigenvalue weighted by Crippen LogP contribution is -2.47. The first-order valence-corrected chi connectivity index (χ1v) is 13.5. The molecule has 3 heteroatoms. The molecule has 0 N–H and O–H groups in total. The van der Waals surface area contributed by atoms with Crippen molar-refractivity contribution < 1.29 is 9.22 Å². The van der Waals surface area contributed by atoms with E-state index in [1.807, 2.05) is 6.92 Å². The summed E-state index contributed by atoms with van der Waals surface area (Å²) in [6.45, 7) is 8.91. The molecule has 2 unspecified atom stereocenters. The van der Waals surface area contributed by atoms with Gasteiger partial charge in [0, 0.05) is 12.3 Å². The topological polar surface area (TPSA) is 26.3 Å². The SMILES string of the molecule is CCC(=O)C(C1CCCCC1)C(O[Si](C)(C)C)C1CCCCC1. The average Bonchev–Trinajstić information content (AvgIpc) is 2.54. The number of hydrogen-bond acceptors (Lipinski definition) is 2. The summed E-state index contributed by atoms with van der Waals surface area (Å²) in [6, 6.07) is 0. The molecule has 23 heavy (non-hydrogen) atoms. The van der Waals surface area contributed by atoms with Crippen molar-refractivity contribution in [3.05, 3.63) is 0 Å². The van der Waals surface area contributed by atoms with Crippen LogP contribution in [0, 0.1) is 17.8 Å². The maximum Gasteiger partial charge on any atom is 0.184 e. The van der Waals surface area contributed by atoms with Gasteiger partial charge in [-0.2, -0.15) is 0 Å². The zero-order valence-corrected chi connectivity index (χ0v) is 16.9. The van der Waals surface area contributed by atoms with E-state index in [4.69, 9.17) is 4.43 Å². The van der Waals surface area contributed by atoms with Gasteiger partial charge in [-0.3, -0.25) is 4.79 Å². The predicted octanol–water partition coefficient (Wildman–Crippen LogP) is 5.96. The van der Waals surface area contributed by atoms with Crippen LogP contribution in [0.5, 0.6) is 0 Å². The smallest absolute Gasteiger partial charge is 0.184 e. The minimum Gasteiger partial charge on any atom is -0.414 e. The van der Waals surface area contributed by atoms with Crippen molar-refractivity contribution in [2.75, 3.05) is 0 Å². The molecule has 0 aromatic rings. The molecule has 0 aromatic heterocycles. The van der Waals surface area contributed by atoms with E-state index in [9.17, 15) is 4.79 Å². The molecule has 2 saturated carbocycles. The van der Waals surface area contributed by atoms with Crippen LogP contribution in [0.2, 0.25) is 19.6 Å². The molecule has 2 rings (SSSR count). The van der Waals surface area contributed by atoms with Gasteiger partial charge >= 0.3 is 0 Å². The molecule has 0 bridgehead atoms. The second-order valence-corrected chi connectivity index (χ2v) is 13.3. The lowest BCUT2D eigenvalue weighted by Gasteiger charge is -2.42. The summed E-state index contributed by atoms with van der Waals surface area (Å²) in [5, 5.41) is 0. The van der Waals surface area contributed by atoms with Gasteiger partial charge in [-0.1, -0.05) is 45.4 Å². The van der Waals surface area contributed by atoms with Crippen molar-refractivity contribution in [2.45, 2.75) is 103 Å². The summed E-state index contributed by atoms with van der Waals surface area (Å²) in [5.41, 5.74) is 0. The Labute approximate surface area is 144 Å². The van der Waals surface area contributed by atoms with Crippen molar-refractivity contribution >= 4 is 14.1 Å². The van der Waals surface area contributed by atoms with E-state index in [1.165, 1.54) is 64.2 Å². The zero-order valence-electron chi connectivity index (χ0n) is 15.9. The summed E-state index contributed by atoms with van der Waals surface area (Å²) < 4.78 is 6.73. The van der Waals surface area contributed by atoms with Crippen molar-refractivity contribution in [1.82, 2.24) is 0 Å². The van der Waals surface area contributed by atoms with Gasteiger partial charge in [0.15, 0.2) is 8.32 Å². The minimum absolute atomic E-state index is 0.176. The molecule has 0 spiro atoms. The molecule has 2 aliphatic rings. The molecule has 0 heterocycles. The lowest BCUT2D eigenvalue weighted by atomic mass is 9.70. The van der Waals surface area contributed by atoms with Crippen molar-refractivity contribution in [2.24, 2.45) is 17.8 Å². The highest BCUT2D eigenvalue weighted by Gasteiger charge is 2.41. The van der Waals surface area contributed by atoms with Gasteiger partial charge in [0.05, 0.1) is 6.10 Å². The maximum atomic E-state index is 12.9. The van der Waals surface area contributed by atoms with Gasteiger partial charge in [-0.25, -0.2) is 0 Å². The summed E-state index contributed by atoms with van der Waals surface area (Å²) in [5.74, 6) is 1.86. The van der Waals surface area contributed by atoms with Crippen LogP contribution in [-0.2, 0) is 9.22 Å². The van der Waals surface area contributed by atoms with E-state index < -0.39 is 8.32 Å². The molecule has 0 aliphatic heterocycles. The second kappa shape index (κ2) is 8.80. The minimum atomic E-state index is -1.64. The Hall–Kier alpha value is -0.153. The zero-order chi connectivity index (χ0) is 16.9. The van der Waals surface area contributed by atoms with Gasteiger partial charge in [0.1, 0.15) is 5.78 Å². The number of rotatable bonds is 7. The molecule has 2 aliphatic carbocycles. The molecule has 0 radical (unpaired) electrons. The predicted molar refractivity (Wildman–Crippen MR) is 100 cm³/mol. The lowest BCUT2D eigenvalue weighted by molar-refractivity contribution is -0.130. The second-order valence-electron chi connectivity index (χ2n) is 8.84.